The molecule has 2 heteroatoms. The third kappa shape index (κ3) is 4.53. The normalized spacial score (nSPS) is 19.1. The number of methoxy groups -OCH3 is 1. The lowest BCUT2D eigenvalue weighted by atomic mass is 9.58. The van der Waals surface area contributed by atoms with Gasteiger partial charge in [0.25, 0.3) is 0 Å². The first kappa shape index (κ1) is 34.4. The van der Waals surface area contributed by atoms with Crippen LogP contribution in [0.15, 0.2) is 146 Å². The van der Waals surface area contributed by atoms with Gasteiger partial charge >= 0.3 is 0 Å². The highest BCUT2D eigenvalue weighted by atomic mass is 16.5. The third-order valence-corrected chi connectivity index (χ3v) is 14.6. The van der Waals surface area contributed by atoms with Crippen LogP contribution >= 0.6 is 0 Å². The van der Waals surface area contributed by atoms with Gasteiger partial charge in [-0.1, -0.05) is 139 Å². The van der Waals surface area contributed by atoms with Gasteiger partial charge in [0.05, 0.1) is 7.11 Å². The summed E-state index contributed by atoms with van der Waals surface area (Å²) in [5, 5.41) is 0. The van der Waals surface area contributed by atoms with E-state index in [1.807, 2.05) is 0 Å². The van der Waals surface area contributed by atoms with E-state index in [0.717, 1.165) is 18.6 Å². The van der Waals surface area contributed by atoms with Crippen LogP contribution in [-0.4, -0.2) is 7.11 Å². The van der Waals surface area contributed by atoms with E-state index in [4.69, 9.17) is 4.74 Å². The van der Waals surface area contributed by atoms with Crippen molar-refractivity contribution in [3.63, 3.8) is 0 Å². The molecular weight excluding hydrogens is 691 g/mol. The van der Waals surface area contributed by atoms with Crippen LogP contribution < -0.4 is 9.64 Å². The summed E-state index contributed by atoms with van der Waals surface area (Å²) in [5.74, 6) is 0.915. The number of hydrogen-bond donors (Lipinski definition) is 0. The molecule has 11 rings (SSSR count). The van der Waals surface area contributed by atoms with E-state index in [1.165, 1.54) is 95.0 Å². The average Bonchev–Trinajstić information content (AvgIpc) is 3.74. The zero-order valence-electron chi connectivity index (χ0n) is 34.1. The number of anilines is 3. The summed E-state index contributed by atoms with van der Waals surface area (Å²) >= 11 is 0. The van der Waals surface area contributed by atoms with Crippen LogP contribution in [0, 0.1) is 0 Å². The van der Waals surface area contributed by atoms with Crippen molar-refractivity contribution in [2.24, 2.45) is 0 Å². The maximum atomic E-state index is 5.95. The molecule has 1 atom stereocenters. The predicted molar refractivity (Wildman–Crippen MR) is 237 cm³/mol. The minimum atomic E-state index is -0.295. The Hall–Kier alpha value is -5.86. The number of fused-ring (bicyclic) bond motifs is 13. The molecule has 7 aromatic carbocycles. The highest BCUT2D eigenvalue weighted by Gasteiger charge is 2.51. The molecule has 4 aliphatic rings. The van der Waals surface area contributed by atoms with E-state index in [9.17, 15) is 0 Å². The molecule has 1 unspecified atom stereocenters. The van der Waals surface area contributed by atoms with Crippen molar-refractivity contribution in [2.75, 3.05) is 12.0 Å². The van der Waals surface area contributed by atoms with E-state index >= 15 is 0 Å². The van der Waals surface area contributed by atoms with Crippen molar-refractivity contribution in [2.45, 2.75) is 76.0 Å². The van der Waals surface area contributed by atoms with Gasteiger partial charge in [0.2, 0.25) is 0 Å². The molecule has 0 N–H and O–H groups in total. The quantitative estimate of drug-likeness (QED) is 0.178. The smallest absolute Gasteiger partial charge is 0.119 e. The molecule has 7 aromatic rings. The van der Waals surface area contributed by atoms with Crippen LogP contribution in [-0.2, 0) is 21.7 Å². The van der Waals surface area contributed by atoms with Crippen molar-refractivity contribution < 1.29 is 4.74 Å². The Morgan fingerprint density at radius 1 is 0.386 bits per heavy atom. The van der Waals surface area contributed by atoms with Crippen LogP contribution in [0.2, 0.25) is 0 Å². The minimum absolute atomic E-state index is 0.0534. The Labute approximate surface area is 337 Å². The molecule has 0 saturated heterocycles. The highest BCUT2D eigenvalue weighted by Crippen LogP contribution is 2.62. The van der Waals surface area contributed by atoms with Gasteiger partial charge in [-0.3, -0.25) is 0 Å². The maximum absolute atomic E-state index is 5.95. The van der Waals surface area contributed by atoms with Crippen LogP contribution in [0.3, 0.4) is 0 Å². The zero-order chi connectivity index (χ0) is 39.1. The summed E-state index contributed by atoms with van der Waals surface area (Å²) in [5.41, 5.74) is 22.2. The summed E-state index contributed by atoms with van der Waals surface area (Å²) in [7, 11) is 1.79. The van der Waals surface area contributed by atoms with E-state index < -0.39 is 0 Å². The Morgan fingerprint density at radius 2 is 0.825 bits per heavy atom. The molecule has 280 valence electrons. The Morgan fingerprint density at radius 3 is 1.35 bits per heavy atom. The Kier molecular flexibility index (Phi) is 7.00. The second kappa shape index (κ2) is 11.6. The van der Waals surface area contributed by atoms with Crippen molar-refractivity contribution in [1.82, 2.24) is 0 Å². The molecule has 0 saturated carbocycles. The molecule has 1 spiro atoms. The summed E-state index contributed by atoms with van der Waals surface area (Å²) in [4.78, 5) is 2.54. The van der Waals surface area contributed by atoms with Crippen LogP contribution in [0.4, 0.5) is 17.1 Å². The Bertz CT molecular complexity index is 2730. The number of ether oxygens (including phenoxy) is 1. The van der Waals surface area contributed by atoms with E-state index in [0.29, 0.717) is 0 Å². The van der Waals surface area contributed by atoms with Gasteiger partial charge in [-0.05, 0) is 145 Å². The van der Waals surface area contributed by atoms with Crippen LogP contribution in [0.1, 0.15) is 98.9 Å². The van der Waals surface area contributed by atoms with Gasteiger partial charge in [0, 0.05) is 33.3 Å². The molecule has 0 bridgehead atoms. The molecule has 0 amide bonds. The van der Waals surface area contributed by atoms with Crippen molar-refractivity contribution in [3.8, 4) is 39.1 Å². The average molecular weight is 740 g/mol. The zero-order valence-corrected chi connectivity index (χ0v) is 34.1. The molecule has 2 nitrogen and oxygen atoms in total. The lowest BCUT2D eigenvalue weighted by Crippen LogP contribution is -2.38. The summed E-state index contributed by atoms with van der Waals surface area (Å²) in [6, 6.07) is 55.6. The summed E-state index contributed by atoms with van der Waals surface area (Å²) < 4.78 is 5.95. The van der Waals surface area contributed by atoms with Gasteiger partial charge in [-0.25, -0.2) is 0 Å². The fraction of sp³-hybridized carbons (Fsp3) is 0.236. The second-order valence-electron chi connectivity index (χ2n) is 18.6. The summed E-state index contributed by atoms with van der Waals surface area (Å²) in [6.45, 7) is 14.3. The van der Waals surface area contributed by atoms with E-state index in [1.54, 1.807) is 7.11 Å². The molecule has 0 aliphatic heterocycles. The standard InChI is InChI=1S/C55H49NO/c1-52(2)28-29-55(51-33-37(57-7)23-27-47(51)52)46-19-13-10-16-40(46)43-26-22-36(32-50(43)55)56(34-20-24-41-38-14-8-11-17-44(38)53(3,4)48(41)30-34)35-21-25-42-39-15-9-12-18-45(39)54(5,6)49(42)31-35/h8-27,30-33H,28-29H2,1-7H3. The highest BCUT2D eigenvalue weighted by molar-refractivity contribution is 5.91. The lowest BCUT2D eigenvalue weighted by Gasteiger charge is -2.45. The van der Waals surface area contributed by atoms with Gasteiger partial charge in [0.15, 0.2) is 0 Å². The van der Waals surface area contributed by atoms with Gasteiger partial charge < -0.3 is 9.64 Å². The minimum Gasteiger partial charge on any atom is -0.497 e. The predicted octanol–water partition coefficient (Wildman–Crippen LogP) is 14.2. The Balaban J connectivity index is 1.16. The molecule has 0 radical (unpaired) electrons. The third-order valence-electron chi connectivity index (χ3n) is 14.6. The molecular formula is C55H49NO. The van der Waals surface area contributed by atoms with Crippen molar-refractivity contribution in [3.05, 3.63) is 190 Å². The van der Waals surface area contributed by atoms with Gasteiger partial charge in [0.1, 0.15) is 5.75 Å². The van der Waals surface area contributed by atoms with Crippen LogP contribution in [0.5, 0.6) is 5.75 Å². The molecule has 0 heterocycles. The molecule has 4 aliphatic carbocycles. The SMILES string of the molecule is COc1ccc2c(c1)C1(CCC2(C)C)c2ccccc2-c2ccc(N(c3ccc4c(c3)C(C)(C)c3ccccc3-4)c3ccc4c(c3)C(C)(C)c3ccccc3-4)cc21. The molecule has 0 aromatic heterocycles. The second-order valence-corrected chi connectivity index (χ2v) is 18.6. The number of hydrogen-bond acceptors (Lipinski definition) is 2. The number of rotatable bonds is 4. The summed E-state index contributed by atoms with van der Waals surface area (Å²) in [6.07, 6.45) is 2.12. The van der Waals surface area contributed by atoms with Gasteiger partial charge in [-0.15, -0.1) is 0 Å². The number of benzene rings is 7. The lowest BCUT2D eigenvalue weighted by molar-refractivity contribution is 0.363. The topological polar surface area (TPSA) is 12.5 Å². The van der Waals surface area contributed by atoms with Gasteiger partial charge in [-0.2, -0.15) is 0 Å². The largest absolute Gasteiger partial charge is 0.497 e. The van der Waals surface area contributed by atoms with E-state index in [2.05, 4.69) is 192 Å². The fourth-order valence-corrected chi connectivity index (χ4v) is 11.5. The van der Waals surface area contributed by atoms with Crippen molar-refractivity contribution in [1.29, 1.82) is 0 Å². The fourth-order valence-electron chi connectivity index (χ4n) is 11.5. The number of nitrogens with zero attached hydrogens (tertiary/aromatic N) is 1. The van der Waals surface area contributed by atoms with Crippen LogP contribution in [0.25, 0.3) is 33.4 Å². The van der Waals surface area contributed by atoms with Crippen molar-refractivity contribution >= 4 is 17.1 Å². The monoisotopic (exact) mass is 739 g/mol. The molecule has 57 heavy (non-hydrogen) atoms. The molecule has 0 fully saturated rings. The van der Waals surface area contributed by atoms with E-state index in [-0.39, 0.29) is 21.7 Å². The first-order valence-corrected chi connectivity index (χ1v) is 20.7. The maximum Gasteiger partial charge on any atom is 0.119 e. The first-order chi connectivity index (χ1) is 27.4. The first-order valence-electron chi connectivity index (χ1n) is 20.7.